The first-order valence-corrected chi connectivity index (χ1v) is 9.11. The predicted molar refractivity (Wildman–Crippen MR) is 99.8 cm³/mol. The van der Waals surface area contributed by atoms with E-state index in [1.807, 2.05) is 44.4 Å². The fraction of sp³-hybridized carbons (Fsp3) is 0.526. The van der Waals surface area contributed by atoms with Gasteiger partial charge in [0.25, 0.3) is 5.56 Å². The number of rotatable bonds is 6. The van der Waals surface area contributed by atoms with Crippen LogP contribution in [0.4, 0.5) is 5.82 Å². The third kappa shape index (κ3) is 4.45. The maximum Gasteiger partial charge on any atom is 0.267 e. The molecule has 1 atom stereocenters. The molecule has 6 heteroatoms. The molecule has 0 spiro atoms. The van der Waals surface area contributed by atoms with E-state index in [1.54, 1.807) is 10.7 Å². The lowest BCUT2D eigenvalue weighted by atomic mass is 10.0. The van der Waals surface area contributed by atoms with Crippen molar-refractivity contribution in [2.45, 2.75) is 51.7 Å². The van der Waals surface area contributed by atoms with Crippen LogP contribution in [0.2, 0.25) is 0 Å². The van der Waals surface area contributed by atoms with Crippen molar-refractivity contribution in [2.75, 3.05) is 18.0 Å². The Morgan fingerprint density at radius 2 is 2.00 bits per heavy atom. The average Bonchev–Trinajstić information content (AvgIpc) is 2.63. The topological polar surface area (TPSA) is 63.1 Å². The van der Waals surface area contributed by atoms with Crippen molar-refractivity contribution in [1.29, 1.82) is 0 Å². The lowest BCUT2D eigenvalue weighted by Crippen LogP contribution is -2.46. The molecule has 0 aromatic carbocycles. The number of anilines is 1. The molecule has 2 aromatic rings. The Labute approximate surface area is 148 Å². The van der Waals surface area contributed by atoms with Gasteiger partial charge in [0, 0.05) is 44.1 Å². The van der Waals surface area contributed by atoms with Crippen LogP contribution in [-0.4, -0.2) is 33.9 Å². The molecule has 6 nitrogen and oxygen atoms in total. The minimum atomic E-state index is -0.0388. The molecular formula is C19H27N5O. The first kappa shape index (κ1) is 17.6. The van der Waals surface area contributed by atoms with Gasteiger partial charge in [-0.05, 0) is 56.9 Å². The summed E-state index contributed by atoms with van der Waals surface area (Å²) in [5.74, 6) is 0.906. The first-order valence-electron chi connectivity index (χ1n) is 9.11. The van der Waals surface area contributed by atoms with Gasteiger partial charge < -0.3 is 10.2 Å². The molecule has 134 valence electrons. The van der Waals surface area contributed by atoms with Crippen LogP contribution < -0.4 is 15.8 Å². The Morgan fingerprint density at radius 3 is 2.76 bits per heavy atom. The minimum absolute atomic E-state index is 0.0388. The summed E-state index contributed by atoms with van der Waals surface area (Å²) in [6.45, 7) is 6.71. The zero-order valence-corrected chi connectivity index (χ0v) is 15.1. The molecule has 1 aliphatic rings. The highest BCUT2D eigenvalue weighted by atomic mass is 16.1. The van der Waals surface area contributed by atoms with Crippen molar-refractivity contribution < 1.29 is 0 Å². The van der Waals surface area contributed by atoms with Crippen molar-refractivity contribution in [3.05, 3.63) is 52.6 Å². The quantitative estimate of drug-likeness (QED) is 0.874. The highest BCUT2D eigenvalue weighted by Crippen LogP contribution is 2.22. The first-order chi connectivity index (χ1) is 12.1. The van der Waals surface area contributed by atoms with E-state index >= 15 is 0 Å². The summed E-state index contributed by atoms with van der Waals surface area (Å²) < 4.78 is 1.57. The zero-order valence-electron chi connectivity index (χ0n) is 15.1. The Balaban J connectivity index is 1.68. The Morgan fingerprint density at radius 1 is 1.20 bits per heavy atom. The summed E-state index contributed by atoms with van der Waals surface area (Å²) in [5.41, 5.74) is 1.20. The second kappa shape index (κ2) is 8.25. The summed E-state index contributed by atoms with van der Waals surface area (Å²) in [6.07, 6.45) is 7.20. The van der Waals surface area contributed by atoms with Gasteiger partial charge in [-0.1, -0.05) is 0 Å². The molecule has 25 heavy (non-hydrogen) atoms. The smallest absolute Gasteiger partial charge is 0.267 e. The molecule has 0 amide bonds. The van der Waals surface area contributed by atoms with Gasteiger partial charge >= 0.3 is 0 Å². The number of piperidine rings is 1. The van der Waals surface area contributed by atoms with E-state index in [-0.39, 0.29) is 11.6 Å². The number of nitrogens with one attached hydrogen (secondary N) is 1. The van der Waals surface area contributed by atoms with Crippen LogP contribution in [-0.2, 0) is 6.54 Å². The molecule has 0 saturated carbocycles. The van der Waals surface area contributed by atoms with Crippen LogP contribution >= 0.6 is 0 Å². The van der Waals surface area contributed by atoms with Crippen LogP contribution in [0.5, 0.6) is 0 Å². The van der Waals surface area contributed by atoms with Gasteiger partial charge in [-0.2, -0.15) is 5.10 Å². The third-order valence-electron chi connectivity index (χ3n) is 4.68. The van der Waals surface area contributed by atoms with Crippen molar-refractivity contribution in [1.82, 2.24) is 20.1 Å². The molecule has 1 unspecified atom stereocenters. The number of aromatic nitrogens is 3. The summed E-state index contributed by atoms with van der Waals surface area (Å²) in [5, 5.41) is 8.16. The Bertz CT molecular complexity index is 728. The van der Waals surface area contributed by atoms with E-state index in [1.165, 1.54) is 18.4 Å². The van der Waals surface area contributed by atoms with Gasteiger partial charge in [0.05, 0.1) is 6.04 Å². The fourth-order valence-electron chi connectivity index (χ4n) is 3.34. The number of hydrogen-bond donors (Lipinski definition) is 1. The van der Waals surface area contributed by atoms with Crippen LogP contribution in [0.15, 0.2) is 41.5 Å². The molecule has 1 N–H and O–H groups in total. The second-order valence-electron chi connectivity index (χ2n) is 6.90. The van der Waals surface area contributed by atoms with Gasteiger partial charge in [0.15, 0.2) is 0 Å². The molecule has 0 aliphatic carbocycles. The molecule has 1 saturated heterocycles. The van der Waals surface area contributed by atoms with Gasteiger partial charge in [0.1, 0.15) is 5.82 Å². The normalized spacial score (nSPS) is 17.9. The van der Waals surface area contributed by atoms with E-state index in [0.29, 0.717) is 6.04 Å². The largest absolute Gasteiger partial charge is 0.351 e. The van der Waals surface area contributed by atoms with Crippen molar-refractivity contribution >= 4 is 5.82 Å². The highest BCUT2D eigenvalue weighted by Gasteiger charge is 2.24. The van der Waals surface area contributed by atoms with Crippen LogP contribution in [0.1, 0.15) is 44.7 Å². The molecule has 1 aliphatic heterocycles. The van der Waals surface area contributed by atoms with Gasteiger partial charge in [-0.3, -0.25) is 9.78 Å². The van der Waals surface area contributed by atoms with E-state index in [2.05, 4.69) is 20.3 Å². The van der Waals surface area contributed by atoms with Crippen molar-refractivity contribution in [2.24, 2.45) is 0 Å². The lowest BCUT2D eigenvalue weighted by molar-refractivity contribution is 0.423. The highest BCUT2D eigenvalue weighted by molar-refractivity contribution is 5.39. The summed E-state index contributed by atoms with van der Waals surface area (Å²) >= 11 is 0. The third-order valence-corrected chi connectivity index (χ3v) is 4.68. The summed E-state index contributed by atoms with van der Waals surface area (Å²) in [4.78, 5) is 18.4. The Kier molecular flexibility index (Phi) is 5.81. The van der Waals surface area contributed by atoms with Gasteiger partial charge in [-0.15, -0.1) is 0 Å². The lowest BCUT2D eigenvalue weighted by Gasteiger charge is -2.37. The number of hydrogen-bond acceptors (Lipinski definition) is 5. The van der Waals surface area contributed by atoms with Gasteiger partial charge in [-0.25, -0.2) is 4.68 Å². The van der Waals surface area contributed by atoms with Crippen molar-refractivity contribution in [3.63, 3.8) is 0 Å². The maximum absolute atomic E-state index is 12.0. The summed E-state index contributed by atoms with van der Waals surface area (Å²) in [7, 11) is 0. The minimum Gasteiger partial charge on any atom is -0.351 e. The maximum atomic E-state index is 12.0. The van der Waals surface area contributed by atoms with Crippen LogP contribution in [0.3, 0.4) is 0 Å². The van der Waals surface area contributed by atoms with E-state index in [4.69, 9.17) is 0 Å². The Hall–Kier alpha value is -2.21. The fourth-order valence-corrected chi connectivity index (χ4v) is 3.34. The standard InChI is InChI=1S/C19H27N5O/c1-15(2)24-19(25)7-6-18(22-24)23-12-4-3-5-17(23)14-21-13-16-8-10-20-11-9-16/h6-11,15,17,21H,3-5,12-14H2,1-2H3. The van der Waals surface area contributed by atoms with Gasteiger partial charge in [0.2, 0.25) is 0 Å². The average molecular weight is 341 g/mol. The molecule has 1 fully saturated rings. The number of nitrogens with zero attached hydrogens (tertiary/aromatic N) is 4. The van der Waals surface area contributed by atoms with E-state index in [0.717, 1.165) is 31.9 Å². The van der Waals surface area contributed by atoms with Crippen LogP contribution in [0.25, 0.3) is 0 Å². The number of pyridine rings is 1. The molecule has 0 bridgehead atoms. The zero-order chi connectivity index (χ0) is 17.6. The molecule has 3 rings (SSSR count). The molecule has 2 aromatic heterocycles. The predicted octanol–water partition coefficient (Wildman–Crippen LogP) is 2.37. The van der Waals surface area contributed by atoms with E-state index in [9.17, 15) is 4.79 Å². The van der Waals surface area contributed by atoms with Crippen molar-refractivity contribution in [3.8, 4) is 0 Å². The molecule has 3 heterocycles. The monoisotopic (exact) mass is 341 g/mol. The second-order valence-corrected chi connectivity index (χ2v) is 6.90. The van der Waals surface area contributed by atoms with Crippen LogP contribution in [0, 0.1) is 0 Å². The molecular weight excluding hydrogens is 314 g/mol. The summed E-state index contributed by atoms with van der Waals surface area (Å²) in [6, 6.07) is 8.04. The van der Waals surface area contributed by atoms with E-state index < -0.39 is 0 Å². The molecule has 0 radical (unpaired) electrons. The SMILES string of the molecule is CC(C)n1nc(N2CCCCC2CNCc2ccncc2)ccc1=O.